The highest BCUT2D eigenvalue weighted by Crippen LogP contribution is 2.18. The number of aryl methyl sites for hydroxylation is 1. The van der Waals surface area contributed by atoms with Gasteiger partial charge in [0.1, 0.15) is 0 Å². The Balaban J connectivity index is 1.66. The molecule has 1 aliphatic heterocycles. The molecule has 1 aromatic carbocycles. The lowest BCUT2D eigenvalue weighted by Gasteiger charge is -2.22. The lowest BCUT2D eigenvalue weighted by molar-refractivity contribution is 0.0599. The van der Waals surface area contributed by atoms with Crippen molar-refractivity contribution in [2.75, 3.05) is 45.7 Å². The summed E-state index contributed by atoms with van der Waals surface area (Å²) in [6.45, 7) is 5.55. The van der Waals surface area contributed by atoms with Crippen molar-refractivity contribution < 1.29 is 23.9 Å². The van der Waals surface area contributed by atoms with Crippen molar-refractivity contribution in [3.05, 3.63) is 45.4 Å². The van der Waals surface area contributed by atoms with Crippen LogP contribution in [-0.2, 0) is 16.0 Å². The molecule has 1 fully saturated rings. The van der Waals surface area contributed by atoms with Gasteiger partial charge in [-0.25, -0.2) is 19.4 Å². The number of methoxy groups -OCH3 is 2. The molecule has 0 radical (unpaired) electrons. The predicted octanol–water partition coefficient (Wildman–Crippen LogP) is 2.76. The molecule has 0 spiro atoms. The van der Waals surface area contributed by atoms with Crippen LogP contribution in [0.4, 0.5) is 10.5 Å². The Hall–Kier alpha value is -2.98. The minimum absolute atomic E-state index is 0.154. The molecule has 0 atom stereocenters. The average Bonchev–Trinajstić information content (AvgIpc) is 3.03. The zero-order valence-electron chi connectivity index (χ0n) is 17.8. The molecular weight excluding hydrogens is 420 g/mol. The number of anilines is 1. The first kappa shape index (κ1) is 22.7. The lowest BCUT2D eigenvalue weighted by atomic mass is 10.1. The highest BCUT2D eigenvalue weighted by Gasteiger charge is 2.21. The number of carbonyl (C=O) groups excluding carboxylic acids is 3. The molecule has 2 amide bonds. The number of hydrogen-bond acceptors (Lipinski definition) is 8. The molecule has 31 heavy (non-hydrogen) atoms. The number of rotatable bonds is 5. The molecule has 1 aliphatic rings. The van der Waals surface area contributed by atoms with E-state index in [1.165, 1.54) is 32.4 Å². The highest BCUT2D eigenvalue weighted by molar-refractivity contribution is 7.09. The molecule has 10 heteroatoms. The van der Waals surface area contributed by atoms with Gasteiger partial charge in [-0.1, -0.05) is 0 Å². The molecule has 3 rings (SSSR count). The number of esters is 2. The maximum Gasteiger partial charge on any atom is 0.337 e. The van der Waals surface area contributed by atoms with E-state index in [0.29, 0.717) is 18.8 Å². The fraction of sp³-hybridized carbons (Fsp3) is 0.429. The van der Waals surface area contributed by atoms with Crippen LogP contribution in [0.1, 0.15) is 37.8 Å². The second kappa shape index (κ2) is 10.4. The normalized spacial score (nSPS) is 14.6. The van der Waals surface area contributed by atoms with E-state index in [9.17, 15) is 14.4 Å². The molecule has 1 N–H and O–H groups in total. The number of thiazole rings is 1. The molecule has 1 aromatic heterocycles. The third kappa shape index (κ3) is 6.02. The van der Waals surface area contributed by atoms with Gasteiger partial charge in [0, 0.05) is 43.8 Å². The summed E-state index contributed by atoms with van der Waals surface area (Å²) < 4.78 is 9.47. The predicted molar refractivity (Wildman–Crippen MR) is 116 cm³/mol. The minimum Gasteiger partial charge on any atom is -0.465 e. The van der Waals surface area contributed by atoms with E-state index in [0.717, 1.165) is 36.8 Å². The summed E-state index contributed by atoms with van der Waals surface area (Å²) in [5.74, 6) is -1.21. The summed E-state index contributed by atoms with van der Waals surface area (Å²) >= 11 is 1.64. The fourth-order valence-electron chi connectivity index (χ4n) is 3.42. The minimum atomic E-state index is -0.607. The van der Waals surface area contributed by atoms with Crippen LogP contribution in [0.25, 0.3) is 0 Å². The quantitative estimate of drug-likeness (QED) is 0.705. The van der Waals surface area contributed by atoms with Crippen LogP contribution in [0.5, 0.6) is 0 Å². The zero-order valence-corrected chi connectivity index (χ0v) is 18.7. The third-order valence-electron chi connectivity index (χ3n) is 4.95. The van der Waals surface area contributed by atoms with Crippen LogP contribution in [-0.4, -0.2) is 73.2 Å². The van der Waals surface area contributed by atoms with E-state index >= 15 is 0 Å². The molecule has 2 aromatic rings. The first-order valence-corrected chi connectivity index (χ1v) is 10.8. The number of hydrogen-bond donors (Lipinski definition) is 1. The van der Waals surface area contributed by atoms with Crippen LogP contribution in [0.15, 0.2) is 23.6 Å². The van der Waals surface area contributed by atoms with Crippen LogP contribution < -0.4 is 5.32 Å². The molecule has 2 heterocycles. The first-order chi connectivity index (χ1) is 14.9. The average molecular weight is 447 g/mol. The fourth-order valence-corrected chi connectivity index (χ4v) is 4.02. The second-order valence-electron chi connectivity index (χ2n) is 7.19. The van der Waals surface area contributed by atoms with E-state index < -0.39 is 11.9 Å². The van der Waals surface area contributed by atoms with Gasteiger partial charge < -0.3 is 19.7 Å². The van der Waals surface area contributed by atoms with Gasteiger partial charge in [-0.05, 0) is 31.5 Å². The van der Waals surface area contributed by atoms with Gasteiger partial charge in [0.25, 0.3) is 0 Å². The van der Waals surface area contributed by atoms with Crippen LogP contribution in [0.3, 0.4) is 0 Å². The van der Waals surface area contributed by atoms with E-state index in [4.69, 9.17) is 9.47 Å². The number of benzene rings is 1. The van der Waals surface area contributed by atoms with Gasteiger partial charge in [-0.15, -0.1) is 11.3 Å². The molecule has 1 saturated heterocycles. The number of amides is 2. The Morgan fingerprint density at radius 3 is 2.29 bits per heavy atom. The maximum absolute atomic E-state index is 12.8. The zero-order chi connectivity index (χ0) is 22.4. The summed E-state index contributed by atoms with van der Waals surface area (Å²) in [6.07, 6.45) is 0.839. The largest absolute Gasteiger partial charge is 0.465 e. The van der Waals surface area contributed by atoms with Crippen molar-refractivity contribution in [2.24, 2.45) is 0 Å². The monoisotopic (exact) mass is 446 g/mol. The number of nitrogens with zero attached hydrogens (tertiary/aromatic N) is 3. The summed E-state index contributed by atoms with van der Waals surface area (Å²) in [6, 6.07) is 4.04. The van der Waals surface area contributed by atoms with Gasteiger partial charge in [-0.3, -0.25) is 4.90 Å². The van der Waals surface area contributed by atoms with E-state index in [-0.39, 0.29) is 17.2 Å². The molecule has 166 valence electrons. The van der Waals surface area contributed by atoms with Gasteiger partial charge in [0.05, 0.1) is 36.0 Å². The van der Waals surface area contributed by atoms with Crippen LogP contribution in [0, 0.1) is 6.92 Å². The van der Waals surface area contributed by atoms with Gasteiger partial charge >= 0.3 is 18.0 Å². The van der Waals surface area contributed by atoms with E-state index in [2.05, 4.69) is 20.6 Å². The summed E-state index contributed by atoms with van der Waals surface area (Å²) in [5.41, 5.74) is 1.69. The first-order valence-electron chi connectivity index (χ1n) is 9.90. The molecular formula is C21H26N4O5S. The highest BCUT2D eigenvalue weighted by atomic mass is 32.1. The SMILES string of the molecule is COC(=O)c1cc(NC(=O)N2CCCN(Cc3csc(C)n3)CC2)cc(C(=O)OC)c1. The van der Waals surface area contributed by atoms with Crippen molar-refractivity contribution in [3.63, 3.8) is 0 Å². The number of nitrogens with one attached hydrogen (secondary N) is 1. The smallest absolute Gasteiger partial charge is 0.337 e. The van der Waals surface area contributed by atoms with Crippen LogP contribution >= 0.6 is 11.3 Å². The van der Waals surface area contributed by atoms with Crippen molar-refractivity contribution in [3.8, 4) is 0 Å². The summed E-state index contributed by atoms with van der Waals surface area (Å²) in [4.78, 5) is 45.3. The number of carbonyl (C=O) groups is 3. The molecule has 0 bridgehead atoms. The van der Waals surface area contributed by atoms with E-state index in [1.54, 1.807) is 16.2 Å². The Kier molecular flexibility index (Phi) is 7.59. The summed E-state index contributed by atoms with van der Waals surface area (Å²) in [7, 11) is 2.50. The standard InChI is InChI=1S/C21H26N4O5S/c1-14-22-18(13-31-14)12-24-5-4-6-25(8-7-24)21(28)23-17-10-15(19(26)29-2)9-16(11-17)20(27)30-3/h9-11,13H,4-8,12H2,1-3H3,(H,23,28). The number of urea groups is 1. The van der Waals surface area contributed by atoms with Crippen molar-refractivity contribution in [1.82, 2.24) is 14.8 Å². The third-order valence-corrected chi connectivity index (χ3v) is 5.78. The number of aromatic nitrogens is 1. The molecule has 0 saturated carbocycles. The molecule has 0 unspecified atom stereocenters. The van der Waals surface area contributed by atoms with Crippen molar-refractivity contribution in [1.29, 1.82) is 0 Å². The van der Waals surface area contributed by atoms with Crippen molar-refractivity contribution >= 4 is 35.0 Å². The maximum atomic E-state index is 12.8. The topological polar surface area (TPSA) is 101 Å². The molecule has 9 nitrogen and oxygen atoms in total. The number of ether oxygens (including phenoxy) is 2. The second-order valence-corrected chi connectivity index (χ2v) is 8.25. The Bertz CT molecular complexity index is 927. The molecule has 0 aliphatic carbocycles. The van der Waals surface area contributed by atoms with Gasteiger partial charge in [0.15, 0.2) is 0 Å². The Morgan fingerprint density at radius 1 is 1.03 bits per heavy atom. The Morgan fingerprint density at radius 2 is 1.71 bits per heavy atom. The van der Waals surface area contributed by atoms with Crippen molar-refractivity contribution in [2.45, 2.75) is 19.9 Å². The van der Waals surface area contributed by atoms with E-state index in [1.807, 2.05) is 6.92 Å². The van der Waals surface area contributed by atoms with Gasteiger partial charge in [-0.2, -0.15) is 0 Å². The Labute approximate surface area is 185 Å². The lowest BCUT2D eigenvalue weighted by Crippen LogP contribution is -2.38. The summed E-state index contributed by atoms with van der Waals surface area (Å²) in [5, 5.41) is 5.90. The van der Waals surface area contributed by atoms with Gasteiger partial charge in [0.2, 0.25) is 0 Å². The van der Waals surface area contributed by atoms with Crippen LogP contribution in [0.2, 0.25) is 0 Å².